The Morgan fingerprint density at radius 3 is 2.42 bits per heavy atom. The zero-order valence-corrected chi connectivity index (χ0v) is 29.6. The smallest absolute Gasteiger partial charge is 0.258 e. The summed E-state index contributed by atoms with van der Waals surface area (Å²) >= 11 is 1.26. The fraction of sp³-hybridized carbons (Fsp3) is 0.459. The molecule has 13 heteroatoms. The molecule has 50 heavy (non-hydrogen) atoms. The van der Waals surface area contributed by atoms with Crippen LogP contribution in [0.5, 0.6) is 0 Å². The summed E-state index contributed by atoms with van der Waals surface area (Å²) in [5, 5.41) is 12.0. The van der Waals surface area contributed by atoms with Crippen LogP contribution in [0.1, 0.15) is 55.9 Å². The number of amides is 1. The number of hydrogen-bond acceptors (Lipinski definition) is 9. The monoisotopic (exact) mass is 714 g/mol. The number of likely N-dealkylation sites (tertiary alicyclic amines) is 1. The van der Waals surface area contributed by atoms with Crippen LogP contribution in [0.25, 0.3) is 22.0 Å². The number of carbonyl (C=O) groups is 1. The first-order valence-corrected chi connectivity index (χ1v) is 20.0. The van der Waals surface area contributed by atoms with Gasteiger partial charge in [-0.25, -0.2) is 17.8 Å². The largest absolute Gasteiger partial charge is 0.371 e. The molecule has 0 N–H and O–H groups in total. The average molecular weight is 715 g/mol. The van der Waals surface area contributed by atoms with Crippen LogP contribution in [-0.4, -0.2) is 73.5 Å². The molecule has 5 heterocycles. The Balaban J connectivity index is 0.999. The van der Waals surface area contributed by atoms with Crippen LogP contribution >= 0.6 is 11.3 Å². The predicted octanol–water partition coefficient (Wildman–Crippen LogP) is 5.88. The second-order valence-electron chi connectivity index (χ2n) is 14.6. The molecule has 260 valence electrons. The number of nitrogens with zero attached hydrogens (tertiary/aromatic N) is 6. The van der Waals surface area contributed by atoms with Crippen molar-refractivity contribution in [1.29, 1.82) is 5.26 Å². The second kappa shape index (κ2) is 12.5. The van der Waals surface area contributed by atoms with E-state index in [1.165, 1.54) is 23.5 Å². The Morgan fingerprint density at radius 2 is 1.76 bits per heavy atom. The number of benzene rings is 2. The maximum Gasteiger partial charge on any atom is 0.258 e. The number of thiazole rings is 1. The van der Waals surface area contributed by atoms with E-state index in [0.29, 0.717) is 64.9 Å². The topological polar surface area (TPSA) is 120 Å². The van der Waals surface area contributed by atoms with Crippen molar-refractivity contribution in [2.75, 3.05) is 54.5 Å². The highest BCUT2D eigenvalue weighted by molar-refractivity contribution is 7.91. The van der Waals surface area contributed by atoms with Gasteiger partial charge in [0, 0.05) is 79.3 Å². The van der Waals surface area contributed by atoms with Crippen molar-refractivity contribution in [2.45, 2.75) is 51.0 Å². The van der Waals surface area contributed by atoms with Crippen LogP contribution in [0.15, 0.2) is 53.5 Å². The van der Waals surface area contributed by atoms with E-state index in [1.54, 1.807) is 12.1 Å². The van der Waals surface area contributed by atoms with Gasteiger partial charge >= 0.3 is 0 Å². The summed E-state index contributed by atoms with van der Waals surface area (Å²) in [5.74, 6) is 0.593. The van der Waals surface area contributed by atoms with Gasteiger partial charge in [0.15, 0.2) is 5.13 Å². The third-order valence-electron chi connectivity index (χ3n) is 11.2. The molecular weight excluding hydrogens is 676 g/mol. The number of aromatic nitrogens is 2. The lowest BCUT2D eigenvalue weighted by Gasteiger charge is -2.52. The summed E-state index contributed by atoms with van der Waals surface area (Å²) in [6.45, 7) is 2.97. The molecule has 0 unspecified atom stereocenters. The molecule has 1 amide bonds. The normalized spacial score (nSPS) is 20.1. The van der Waals surface area contributed by atoms with E-state index in [1.807, 2.05) is 39.7 Å². The van der Waals surface area contributed by atoms with Crippen molar-refractivity contribution in [3.05, 3.63) is 69.7 Å². The summed E-state index contributed by atoms with van der Waals surface area (Å²) in [6, 6.07) is 14.4. The van der Waals surface area contributed by atoms with Gasteiger partial charge in [-0.2, -0.15) is 5.26 Å². The molecule has 4 aromatic rings. The number of sulfone groups is 1. The number of halogens is 1. The summed E-state index contributed by atoms with van der Waals surface area (Å²) in [4.78, 5) is 38.2. The molecule has 4 fully saturated rings. The van der Waals surface area contributed by atoms with Gasteiger partial charge in [-0.05, 0) is 86.9 Å². The summed E-state index contributed by atoms with van der Waals surface area (Å²) in [5.41, 5.74) is 2.98. The van der Waals surface area contributed by atoms with E-state index in [-0.39, 0.29) is 40.2 Å². The van der Waals surface area contributed by atoms with E-state index in [9.17, 15) is 27.7 Å². The first kappa shape index (κ1) is 32.9. The minimum Gasteiger partial charge on any atom is -0.371 e. The van der Waals surface area contributed by atoms with Crippen molar-refractivity contribution in [1.82, 2.24) is 14.5 Å². The molecule has 2 aromatic heterocycles. The molecule has 0 atom stereocenters. The number of fused-ring (bicyclic) bond motifs is 1. The SMILES string of the molecule is CN(c1nc(-c2ccc(F)cc2)c(C#N)s1)c1cn(C2CC2)c(=O)c2ccc(N3CCC(CC(=O)N4CC5(CCS(=O)(=O)CC5)C4)CC3)cc12. The van der Waals surface area contributed by atoms with E-state index in [4.69, 9.17) is 4.98 Å². The average Bonchev–Trinajstić information content (AvgIpc) is 3.85. The van der Waals surface area contributed by atoms with Crippen LogP contribution < -0.4 is 15.4 Å². The number of pyridine rings is 1. The predicted molar refractivity (Wildman–Crippen MR) is 193 cm³/mol. The molecule has 0 radical (unpaired) electrons. The zero-order chi connectivity index (χ0) is 34.8. The number of hydrogen-bond donors (Lipinski definition) is 0. The number of rotatable bonds is 7. The molecular formula is C37H39FN6O4S2. The van der Waals surface area contributed by atoms with Gasteiger partial charge in [-0.15, -0.1) is 0 Å². The molecule has 4 aliphatic rings. The van der Waals surface area contributed by atoms with Crippen LogP contribution in [-0.2, 0) is 14.6 Å². The minimum absolute atomic E-state index is 0.00229. The van der Waals surface area contributed by atoms with Crippen LogP contribution in [0, 0.1) is 28.5 Å². The Morgan fingerprint density at radius 1 is 1.06 bits per heavy atom. The Bertz CT molecular complexity index is 2180. The fourth-order valence-electron chi connectivity index (χ4n) is 7.85. The van der Waals surface area contributed by atoms with E-state index >= 15 is 0 Å². The molecule has 8 rings (SSSR count). The van der Waals surface area contributed by atoms with Gasteiger partial charge in [0.05, 0.1) is 17.2 Å². The van der Waals surface area contributed by atoms with Gasteiger partial charge < -0.3 is 19.3 Å². The number of anilines is 3. The Hall–Kier alpha value is -4.28. The standard InChI is InChI=1S/C37H39FN6O4S2/c1-41(36-40-34(32(20-39)49-36)25-2-4-26(38)5-3-25)31-21-44(27-6-7-27)35(46)29-9-8-28(19-30(29)31)42-14-10-24(11-15-42)18-33(45)43-22-37(23-43)12-16-50(47,48)17-13-37/h2-5,8-9,19,21,24,27H,6-7,10-18,22-23H2,1H3. The molecule has 3 aliphatic heterocycles. The van der Waals surface area contributed by atoms with Crippen molar-refractivity contribution in [3.63, 3.8) is 0 Å². The minimum atomic E-state index is -2.92. The number of nitriles is 1. The fourth-order valence-corrected chi connectivity index (χ4v) is 10.4. The first-order valence-electron chi connectivity index (χ1n) is 17.3. The Labute approximate surface area is 294 Å². The lowest BCUT2D eigenvalue weighted by Crippen LogP contribution is -2.61. The lowest BCUT2D eigenvalue weighted by atomic mass is 9.74. The van der Waals surface area contributed by atoms with E-state index in [0.717, 1.165) is 55.5 Å². The molecule has 1 saturated carbocycles. The summed E-state index contributed by atoms with van der Waals surface area (Å²) in [6.07, 6.45) is 7.46. The van der Waals surface area contributed by atoms with Gasteiger partial charge in [-0.1, -0.05) is 11.3 Å². The van der Waals surface area contributed by atoms with Crippen molar-refractivity contribution < 1.29 is 17.6 Å². The Kier molecular flexibility index (Phi) is 8.22. The van der Waals surface area contributed by atoms with Crippen LogP contribution in [0.2, 0.25) is 0 Å². The maximum atomic E-state index is 13.7. The third-order valence-corrected chi connectivity index (χ3v) is 13.9. The van der Waals surface area contributed by atoms with Gasteiger partial charge in [-0.3, -0.25) is 9.59 Å². The molecule has 1 aliphatic carbocycles. The molecule has 1 spiro atoms. The van der Waals surface area contributed by atoms with E-state index < -0.39 is 9.84 Å². The summed E-state index contributed by atoms with van der Waals surface area (Å²) < 4.78 is 39.2. The molecule has 2 aromatic carbocycles. The zero-order valence-electron chi connectivity index (χ0n) is 28.0. The van der Waals surface area contributed by atoms with Crippen molar-refractivity contribution in [3.8, 4) is 17.3 Å². The molecule has 10 nitrogen and oxygen atoms in total. The second-order valence-corrected chi connectivity index (χ2v) is 17.9. The van der Waals surface area contributed by atoms with Crippen LogP contribution in [0.4, 0.5) is 20.9 Å². The molecule has 3 saturated heterocycles. The van der Waals surface area contributed by atoms with Gasteiger partial charge in [0.1, 0.15) is 32.3 Å². The van der Waals surface area contributed by atoms with E-state index in [2.05, 4.69) is 17.0 Å². The first-order chi connectivity index (χ1) is 24.0. The van der Waals surface area contributed by atoms with Gasteiger partial charge in [0.25, 0.3) is 5.56 Å². The number of piperidine rings is 1. The highest BCUT2D eigenvalue weighted by Crippen LogP contribution is 2.43. The van der Waals surface area contributed by atoms with Gasteiger partial charge in [0.2, 0.25) is 5.91 Å². The third kappa shape index (κ3) is 6.17. The number of carbonyl (C=O) groups excluding carboxylic acids is 1. The molecule has 0 bridgehead atoms. The quantitative estimate of drug-likeness (QED) is 0.233. The van der Waals surface area contributed by atoms with Crippen molar-refractivity contribution in [2.24, 2.45) is 11.3 Å². The lowest BCUT2D eigenvalue weighted by molar-refractivity contribution is -0.145. The van der Waals surface area contributed by atoms with Crippen LogP contribution in [0.3, 0.4) is 0 Å². The summed E-state index contributed by atoms with van der Waals surface area (Å²) in [7, 11) is -1.02. The highest BCUT2D eigenvalue weighted by Gasteiger charge is 2.48. The van der Waals surface area contributed by atoms with Crippen molar-refractivity contribution >= 4 is 54.4 Å². The maximum absolute atomic E-state index is 13.7. The highest BCUT2D eigenvalue weighted by atomic mass is 32.2.